The third-order valence-electron chi connectivity index (χ3n) is 5.54. The summed E-state index contributed by atoms with van der Waals surface area (Å²) in [5.41, 5.74) is 3.36. The van der Waals surface area contributed by atoms with E-state index < -0.39 is 17.5 Å². The van der Waals surface area contributed by atoms with Crippen LogP contribution in [0.5, 0.6) is 0 Å². The van der Waals surface area contributed by atoms with E-state index >= 15 is 0 Å². The lowest BCUT2D eigenvalue weighted by Crippen LogP contribution is -2.51. The second-order valence-corrected chi connectivity index (χ2v) is 8.85. The number of nitrogens with one attached hydrogen (secondary N) is 2. The van der Waals surface area contributed by atoms with Gasteiger partial charge in [-0.1, -0.05) is 48.7 Å². The quantitative estimate of drug-likeness (QED) is 0.542. The second-order valence-electron chi connectivity index (χ2n) is 7.50. The number of aromatic nitrogens is 2. The summed E-state index contributed by atoms with van der Waals surface area (Å²) in [7, 11) is 0. The fourth-order valence-electron chi connectivity index (χ4n) is 3.94. The Morgan fingerprint density at radius 1 is 1.30 bits per heavy atom. The van der Waals surface area contributed by atoms with Gasteiger partial charge in [0.1, 0.15) is 5.54 Å². The van der Waals surface area contributed by atoms with Gasteiger partial charge in [-0.3, -0.25) is 19.6 Å². The molecule has 2 fully saturated rings. The Hall–Kier alpha value is -2.52. The summed E-state index contributed by atoms with van der Waals surface area (Å²) >= 11 is 7.43. The first-order valence-corrected chi connectivity index (χ1v) is 11.2. The number of benzene rings is 1. The zero-order chi connectivity index (χ0) is 21.3. The van der Waals surface area contributed by atoms with Crippen molar-refractivity contribution in [2.75, 3.05) is 5.75 Å². The largest absolute Gasteiger partial charge is 0.344 e. The van der Waals surface area contributed by atoms with Crippen LogP contribution >= 0.6 is 23.4 Å². The van der Waals surface area contributed by atoms with Crippen LogP contribution in [0.1, 0.15) is 37.7 Å². The minimum Gasteiger partial charge on any atom is -0.322 e. The fraction of sp³-hybridized carbons (Fsp3) is 0.400. The van der Waals surface area contributed by atoms with E-state index in [4.69, 9.17) is 11.6 Å². The molecular formula is C20H22ClN5O3S. The molecule has 1 saturated heterocycles. The lowest BCUT2D eigenvalue weighted by atomic mass is 9.82. The molecule has 0 atom stereocenters. The van der Waals surface area contributed by atoms with E-state index in [0.29, 0.717) is 23.0 Å². The molecule has 2 aliphatic rings. The maximum Gasteiger partial charge on any atom is 0.344 e. The van der Waals surface area contributed by atoms with Gasteiger partial charge in [-0.2, -0.15) is 5.01 Å². The van der Waals surface area contributed by atoms with Gasteiger partial charge in [0, 0.05) is 17.4 Å². The number of nitrogens with zero attached hydrogens (tertiary/aromatic N) is 3. The number of carbonyl (C=O) groups is 3. The maximum absolute atomic E-state index is 12.8. The number of urea groups is 1. The minimum absolute atomic E-state index is 0.000681. The highest BCUT2D eigenvalue weighted by atomic mass is 35.5. The standard InChI is InChI=1S/C20H22ClN5O3S/c1-13-14(21)6-5-7-15(13)25-11-10-22-19(25)30-12-16(27)24-26-17(28)20(23-18(26)29)8-3-2-4-9-20/h5-7,10-11H,2-4,8-9,12H2,1H3,(H,23,29)(H,24,27). The smallest absolute Gasteiger partial charge is 0.322 e. The molecule has 10 heteroatoms. The Morgan fingerprint density at radius 3 is 2.83 bits per heavy atom. The number of hydrazine groups is 1. The van der Waals surface area contributed by atoms with Gasteiger partial charge in [-0.15, -0.1) is 0 Å². The maximum atomic E-state index is 12.8. The highest BCUT2D eigenvalue weighted by Gasteiger charge is 2.52. The monoisotopic (exact) mass is 447 g/mol. The van der Waals surface area contributed by atoms with E-state index in [-0.39, 0.29) is 11.7 Å². The van der Waals surface area contributed by atoms with Crippen LogP contribution in [0, 0.1) is 6.92 Å². The SMILES string of the molecule is Cc1c(Cl)cccc1-n1ccnc1SCC(=O)NN1C(=O)NC2(CCCCC2)C1=O. The summed E-state index contributed by atoms with van der Waals surface area (Å²) in [5, 5.41) is 4.85. The third kappa shape index (κ3) is 3.79. The van der Waals surface area contributed by atoms with Gasteiger partial charge in [0.25, 0.3) is 5.91 Å². The second kappa shape index (κ2) is 8.31. The Labute approximate surface area is 183 Å². The van der Waals surface area contributed by atoms with E-state index in [1.165, 1.54) is 11.8 Å². The van der Waals surface area contributed by atoms with Crippen molar-refractivity contribution in [1.82, 2.24) is 25.3 Å². The summed E-state index contributed by atoms with van der Waals surface area (Å²) in [6, 6.07) is 5.01. The molecule has 2 heterocycles. The molecule has 4 amide bonds. The molecule has 1 aliphatic heterocycles. The van der Waals surface area contributed by atoms with Gasteiger partial charge < -0.3 is 5.32 Å². The topological polar surface area (TPSA) is 96.3 Å². The number of thioether (sulfide) groups is 1. The van der Waals surface area contributed by atoms with Crippen molar-refractivity contribution < 1.29 is 14.4 Å². The number of hydrogen-bond donors (Lipinski definition) is 2. The van der Waals surface area contributed by atoms with Crippen LogP contribution in [0.15, 0.2) is 35.7 Å². The fourth-order valence-corrected chi connectivity index (χ4v) is 4.87. The predicted molar refractivity (Wildman–Crippen MR) is 113 cm³/mol. The van der Waals surface area contributed by atoms with E-state index in [0.717, 1.165) is 35.5 Å². The van der Waals surface area contributed by atoms with Gasteiger partial charge >= 0.3 is 6.03 Å². The molecule has 0 radical (unpaired) electrons. The van der Waals surface area contributed by atoms with Crippen LogP contribution in [0.3, 0.4) is 0 Å². The van der Waals surface area contributed by atoms with Crippen molar-refractivity contribution in [2.24, 2.45) is 0 Å². The van der Waals surface area contributed by atoms with Crippen molar-refractivity contribution in [3.8, 4) is 5.69 Å². The molecule has 158 valence electrons. The van der Waals surface area contributed by atoms with Gasteiger partial charge in [0.2, 0.25) is 5.91 Å². The van der Waals surface area contributed by atoms with Crippen LogP contribution < -0.4 is 10.7 Å². The van der Waals surface area contributed by atoms with Crippen molar-refractivity contribution in [3.05, 3.63) is 41.2 Å². The van der Waals surface area contributed by atoms with Gasteiger partial charge in [-0.25, -0.2) is 9.78 Å². The Bertz CT molecular complexity index is 1000. The summed E-state index contributed by atoms with van der Waals surface area (Å²) in [5.74, 6) is -0.823. The molecule has 0 bridgehead atoms. The van der Waals surface area contributed by atoms with Crippen LogP contribution in [0.2, 0.25) is 5.02 Å². The number of hydrogen-bond acceptors (Lipinski definition) is 5. The van der Waals surface area contributed by atoms with E-state index in [9.17, 15) is 14.4 Å². The number of imide groups is 1. The molecule has 1 saturated carbocycles. The molecule has 1 aliphatic carbocycles. The predicted octanol–water partition coefficient (Wildman–Crippen LogP) is 3.21. The number of rotatable bonds is 5. The van der Waals surface area contributed by atoms with E-state index in [1.807, 2.05) is 29.7 Å². The number of imidazole rings is 1. The molecule has 30 heavy (non-hydrogen) atoms. The van der Waals surface area contributed by atoms with Crippen molar-refractivity contribution in [3.63, 3.8) is 0 Å². The van der Waals surface area contributed by atoms with E-state index in [2.05, 4.69) is 15.7 Å². The van der Waals surface area contributed by atoms with Crippen LogP contribution in [-0.4, -0.2) is 43.7 Å². The summed E-state index contributed by atoms with van der Waals surface area (Å²) in [6.07, 6.45) is 7.47. The third-order valence-corrected chi connectivity index (χ3v) is 6.92. The number of halogens is 1. The van der Waals surface area contributed by atoms with Gasteiger partial charge in [0.15, 0.2) is 5.16 Å². The molecule has 1 spiro atoms. The first-order chi connectivity index (χ1) is 14.4. The lowest BCUT2D eigenvalue weighted by Gasteiger charge is -2.30. The Morgan fingerprint density at radius 2 is 2.07 bits per heavy atom. The molecule has 4 rings (SSSR count). The summed E-state index contributed by atoms with van der Waals surface area (Å²) in [6.45, 7) is 1.91. The van der Waals surface area contributed by atoms with Crippen molar-refractivity contribution >= 4 is 41.2 Å². The molecule has 2 aromatic rings. The summed E-state index contributed by atoms with van der Waals surface area (Å²) in [4.78, 5) is 41.8. The molecule has 1 aromatic heterocycles. The van der Waals surface area contributed by atoms with Crippen molar-refractivity contribution in [1.29, 1.82) is 0 Å². The summed E-state index contributed by atoms with van der Waals surface area (Å²) < 4.78 is 1.85. The zero-order valence-corrected chi connectivity index (χ0v) is 18.1. The Kier molecular flexibility index (Phi) is 5.75. The first-order valence-electron chi connectivity index (χ1n) is 9.79. The highest BCUT2D eigenvalue weighted by Crippen LogP contribution is 2.33. The molecule has 1 aromatic carbocycles. The highest BCUT2D eigenvalue weighted by molar-refractivity contribution is 7.99. The zero-order valence-electron chi connectivity index (χ0n) is 16.5. The van der Waals surface area contributed by atoms with Crippen LogP contribution in [0.4, 0.5) is 4.79 Å². The number of amides is 4. The first kappa shape index (κ1) is 20.7. The normalized spacial score (nSPS) is 18.0. The minimum atomic E-state index is -0.865. The molecule has 8 nitrogen and oxygen atoms in total. The molecular weight excluding hydrogens is 426 g/mol. The average Bonchev–Trinajstić information content (AvgIpc) is 3.28. The average molecular weight is 448 g/mol. The van der Waals surface area contributed by atoms with Crippen LogP contribution in [0.25, 0.3) is 5.69 Å². The molecule has 2 N–H and O–H groups in total. The van der Waals surface area contributed by atoms with Gasteiger partial charge in [-0.05, 0) is 37.5 Å². The van der Waals surface area contributed by atoms with Gasteiger partial charge in [0.05, 0.1) is 11.4 Å². The number of carbonyl (C=O) groups excluding carboxylic acids is 3. The Balaban J connectivity index is 1.41. The van der Waals surface area contributed by atoms with Crippen molar-refractivity contribution in [2.45, 2.75) is 49.7 Å². The van der Waals surface area contributed by atoms with E-state index in [1.54, 1.807) is 12.4 Å². The lowest BCUT2D eigenvalue weighted by molar-refractivity contribution is -0.139. The van der Waals surface area contributed by atoms with Crippen LogP contribution in [-0.2, 0) is 9.59 Å². The molecule has 0 unspecified atom stereocenters.